The predicted octanol–water partition coefficient (Wildman–Crippen LogP) is 0.400. The maximum absolute atomic E-state index is 9.10. The van der Waals surface area contributed by atoms with E-state index in [0.717, 1.165) is 19.4 Å². The monoisotopic (exact) mass is 205 g/mol. The Morgan fingerprint density at radius 3 is 2.50 bits per heavy atom. The minimum Gasteiger partial charge on any atom is -0.394 e. The summed E-state index contributed by atoms with van der Waals surface area (Å²) in [6.45, 7) is 4.17. The summed E-state index contributed by atoms with van der Waals surface area (Å²) in [7, 11) is 3.52. The average molecular weight is 205 g/mol. The molecule has 86 valence electrons. The van der Waals surface area contributed by atoms with Crippen molar-refractivity contribution < 1.29 is 14.6 Å². The molecule has 2 N–H and O–H groups in total. The third kappa shape index (κ3) is 6.32. The molecule has 0 aromatic carbocycles. The number of hydrogen-bond donors (Lipinski definition) is 2. The molecule has 14 heavy (non-hydrogen) atoms. The molecule has 0 saturated heterocycles. The van der Waals surface area contributed by atoms with E-state index < -0.39 is 0 Å². The molecule has 0 bridgehead atoms. The van der Waals surface area contributed by atoms with Crippen molar-refractivity contribution in [2.24, 2.45) is 0 Å². The number of methoxy groups -OCH3 is 1. The highest BCUT2D eigenvalue weighted by molar-refractivity contribution is 4.79. The van der Waals surface area contributed by atoms with Crippen LogP contribution in [0.1, 0.15) is 19.8 Å². The SMILES string of the molecule is CNC(C)(CO)CCCOCCOC. The smallest absolute Gasteiger partial charge is 0.0700 e. The largest absolute Gasteiger partial charge is 0.394 e. The lowest BCUT2D eigenvalue weighted by atomic mass is 9.97. The summed E-state index contributed by atoms with van der Waals surface area (Å²) in [5.41, 5.74) is -0.176. The van der Waals surface area contributed by atoms with E-state index in [9.17, 15) is 0 Å². The highest BCUT2D eigenvalue weighted by Gasteiger charge is 2.19. The Bertz CT molecular complexity index is 127. The molecule has 0 fully saturated rings. The first-order valence-corrected chi connectivity index (χ1v) is 5.05. The summed E-state index contributed by atoms with van der Waals surface area (Å²) in [5.74, 6) is 0. The molecular formula is C10H23NO3. The van der Waals surface area contributed by atoms with E-state index >= 15 is 0 Å². The first-order chi connectivity index (χ1) is 6.68. The lowest BCUT2D eigenvalue weighted by Gasteiger charge is -2.26. The molecule has 0 amide bonds. The van der Waals surface area contributed by atoms with Crippen LogP contribution in [-0.2, 0) is 9.47 Å². The van der Waals surface area contributed by atoms with E-state index in [-0.39, 0.29) is 12.1 Å². The molecule has 0 radical (unpaired) electrons. The number of hydrogen-bond acceptors (Lipinski definition) is 4. The average Bonchev–Trinajstić information content (AvgIpc) is 2.23. The maximum Gasteiger partial charge on any atom is 0.0700 e. The molecule has 4 nitrogen and oxygen atoms in total. The van der Waals surface area contributed by atoms with Crippen molar-refractivity contribution in [2.45, 2.75) is 25.3 Å². The Morgan fingerprint density at radius 1 is 1.29 bits per heavy atom. The fourth-order valence-electron chi connectivity index (χ4n) is 1.09. The van der Waals surface area contributed by atoms with E-state index in [4.69, 9.17) is 14.6 Å². The van der Waals surface area contributed by atoms with Gasteiger partial charge in [0.05, 0.1) is 19.8 Å². The molecule has 0 heterocycles. The van der Waals surface area contributed by atoms with Gasteiger partial charge in [0.1, 0.15) is 0 Å². The van der Waals surface area contributed by atoms with Crippen LogP contribution in [0.15, 0.2) is 0 Å². The number of nitrogens with one attached hydrogen (secondary N) is 1. The van der Waals surface area contributed by atoms with Crippen molar-refractivity contribution in [1.82, 2.24) is 5.32 Å². The first-order valence-electron chi connectivity index (χ1n) is 5.05. The van der Waals surface area contributed by atoms with Crippen LogP contribution in [0.5, 0.6) is 0 Å². The lowest BCUT2D eigenvalue weighted by Crippen LogP contribution is -2.43. The molecule has 0 aliphatic heterocycles. The highest BCUT2D eigenvalue weighted by atomic mass is 16.5. The highest BCUT2D eigenvalue weighted by Crippen LogP contribution is 2.10. The van der Waals surface area contributed by atoms with E-state index in [1.54, 1.807) is 7.11 Å². The van der Waals surface area contributed by atoms with Gasteiger partial charge in [0, 0.05) is 19.3 Å². The quantitative estimate of drug-likeness (QED) is 0.535. The number of rotatable bonds is 9. The molecule has 0 saturated carbocycles. The van der Waals surface area contributed by atoms with Gasteiger partial charge in [0.25, 0.3) is 0 Å². The van der Waals surface area contributed by atoms with Crippen molar-refractivity contribution >= 4 is 0 Å². The zero-order valence-electron chi connectivity index (χ0n) is 9.51. The van der Waals surface area contributed by atoms with Gasteiger partial charge in [-0.15, -0.1) is 0 Å². The molecule has 0 rings (SSSR count). The molecule has 4 heteroatoms. The van der Waals surface area contributed by atoms with Crippen LogP contribution in [0.25, 0.3) is 0 Å². The van der Waals surface area contributed by atoms with Crippen LogP contribution in [-0.4, -0.2) is 51.2 Å². The van der Waals surface area contributed by atoms with Gasteiger partial charge < -0.3 is 19.9 Å². The van der Waals surface area contributed by atoms with Gasteiger partial charge in [-0.05, 0) is 26.8 Å². The van der Waals surface area contributed by atoms with Gasteiger partial charge in [0.2, 0.25) is 0 Å². The lowest BCUT2D eigenvalue weighted by molar-refractivity contribution is 0.0633. The van der Waals surface area contributed by atoms with Crippen LogP contribution in [0.2, 0.25) is 0 Å². The Kier molecular flexibility index (Phi) is 8.08. The van der Waals surface area contributed by atoms with Crippen molar-refractivity contribution in [2.75, 3.05) is 40.6 Å². The minimum absolute atomic E-state index is 0.154. The summed E-state index contributed by atoms with van der Waals surface area (Å²) in [6, 6.07) is 0. The van der Waals surface area contributed by atoms with Crippen molar-refractivity contribution in [3.05, 3.63) is 0 Å². The predicted molar refractivity (Wildman–Crippen MR) is 56.5 cm³/mol. The molecular weight excluding hydrogens is 182 g/mol. The van der Waals surface area contributed by atoms with Gasteiger partial charge in [-0.1, -0.05) is 0 Å². The second-order valence-corrected chi connectivity index (χ2v) is 3.68. The third-order valence-electron chi connectivity index (χ3n) is 2.40. The van der Waals surface area contributed by atoms with Gasteiger partial charge >= 0.3 is 0 Å². The van der Waals surface area contributed by atoms with Gasteiger partial charge in [-0.25, -0.2) is 0 Å². The molecule has 0 aromatic rings. The normalized spacial score (nSPS) is 15.4. The summed E-state index contributed by atoms with van der Waals surface area (Å²) in [6.07, 6.45) is 1.86. The summed E-state index contributed by atoms with van der Waals surface area (Å²) in [5, 5.41) is 12.2. The number of ether oxygens (including phenoxy) is 2. The Labute approximate surface area is 86.6 Å². The third-order valence-corrected chi connectivity index (χ3v) is 2.40. The van der Waals surface area contributed by atoms with Crippen LogP contribution in [0.3, 0.4) is 0 Å². The molecule has 1 atom stereocenters. The van der Waals surface area contributed by atoms with Gasteiger partial charge in [0.15, 0.2) is 0 Å². The first kappa shape index (κ1) is 13.8. The van der Waals surface area contributed by atoms with Crippen LogP contribution >= 0.6 is 0 Å². The summed E-state index contributed by atoms with van der Waals surface area (Å²) >= 11 is 0. The van der Waals surface area contributed by atoms with Crippen LogP contribution < -0.4 is 5.32 Å². The molecule has 0 aliphatic carbocycles. The molecule has 0 aromatic heterocycles. The fraction of sp³-hybridized carbons (Fsp3) is 1.00. The number of aliphatic hydroxyl groups excluding tert-OH is 1. The second-order valence-electron chi connectivity index (χ2n) is 3.68. The standard InChI is InChI=1S/C10H23NO3/c1-10(9-12,11-2)5-4-6-14-8-7-13-3/h11-12H,4-9H2,1-3H3. The van der Waals surface area contributed by atoms with Crippen LogP contribution in [0, 0.1) is 0 Å². The van der Waals surface area contributed by atoms with E-state index in [1.807, 2.05) is 14.0 Å². The Morgan fingerprint density at radius 2 is 2.00 bits per heavy atom. The zero-order chi connectivity index (χ0) is 10.9. The zero-order valence-corrected chi connectivity index (χ0v) is 9.51. The Balaban J connectivity index is 3.34. The van der Waals surface area contributed by atoms with E-state index in [1.165, 1.54) is 0 Å². The summed E-state index contributed by atoms with van der Waals surface area (Å²) in [4.78, 5) is 0. The van der Waals surface area contributed by atoms with Crippen molar-refractivity contribution in [3.63, 3.8) is 0 Å². The number of likely N-dealkylation sites (N-methyl/N-ethyl adjacent to an activating group) is 1. The Hall–Kier alpha value is -0.160. The minimum atomic E-state index is -0.176. The summed E-state index contributed by atoms with van der Waals surface area (Å²) < 4.78 is 10.2. The number of aliphatic hydroxyl groups is 1. The fourth-order valence-corrected chi connectivity index (χ4v) is 1.09. The topological polar surface area (TPSA) is 50.7 Å². The van der Waals surface area contributed by atoms with E-state index in [2.05, 4.69) is 5.32 Å². The van der Waals surface area contributed by atoms with Gasteiger partial charge in [-0.2, -0.15) is 0 Å². The molecule has 0 aliphatic rings. The maximum atomic E-state index is 9.10. The van der Waals surface area contributed by atoms with E-state index in [0.29, 0.717) is 13.2 Å². The molecule has 1 unspecified atom stereocenters. The van der Waals surface area contributed by atoms with Crippen molar-refractivity contribution in [1.29, 1.82) is 0 Å². The van der Waals surface area contributed by atoms with Crippen molar-refractivity contribution in [3.8, 4) is 0 Å². The van der Waals surface area contributed by atoms with Gasteiger partial charge in [-0.3, -0.25) is 0 Å². The van der Waals surface area contributed by atoms with Crippen LogP contribution in [0.4, 0.5) is 0 Å². The second kappa shape index (κ2) is 8.17. The molecule has 0 spiro atoms.